The average molecular weight is 168 g/mol. The molecule has 0 N–H and O–H groups in total. The first kappa shape index (κ1) is 7.99. The Labute approximate surface area is 69.5 Å². The summed E-state index contributed by atoms with van der Waals surface area (Å²) < 4.78 is 0. The predicted molar refractivity (Wildman–Crippen MR) is 44.0 cm³/mol. The van der Waals surface area contributed by atoms with E-state index in [-0.39, 0.29) is 0 Å². The Morgan fingerprint density at radius 3 is 2.82 bits per heavy atom. The molecule has 0 aliphatic rings. The minimum absolute atomic E-state index is 0.465. The van der Waals surface area contributed by atoms with Crippen molar-refractivity contribution in [3.05, 3.63) is 28.8 Å². The van der Waals surface area contributed by atoms with Crippen LogP contribution < -0.4 is 0 Å². The van der Waals surface area contributed by atoms with Crippen LogP contribution in [0.15, 0.2) is 23.2 Å². The van der Waals surface area contributed by atoms with Crippen molar-refractivity contribution < 1.29 is 4.79 Å². The van der Waals surface area contributed by atoms with Crippen LogP contribution >= 0.6 is 11.6 Å². The zero-order valence-electron chi connectivity index (χ0n) is 5.97. The van der Waals surface area contributed by atoms with Gasteiger partial charge in [0, 0.05) is 0 Å². The zero-order valence-corrected chi connectivity index (χ0v) is 6.72. The summed E-state index contributed by atoms with van der Waals surface area (Å²) in [6, 6.07) is 5.27. The number of rotatable bonds is 1. The molecule has 0 spiro atoms. The van der Waals surface area contributed by atoms with Gasteiger partial charge in [0.1, 0.15) is 0 Å². The van der Waals surface area contributed by atoms with Crippen LogP contribution in [-0.2, 0) is 4.79 Å². The van der Waals surface area contributed by atoms with E-state index in [4.69, 9.17) is 11.6 Å². The summed E-state index contributed by atoms with van der Waals surface area (Å²) in [4.78, 5) is 13.3. The first-order chi connectivity index (χ1) is 5.24. The maximum absolute atomic E-state index is 9.86. The van der Waals surface area contributed by atoms with Gasteiger partial charge in [0.25, 0.3) is 0 Å². The molecule has 11 heavy (non-hydrogen) atoms. The van der Waals surface area contributed by atoms with Gasteiger partial charge in [-0.15, -0.1) is 0 Å². The van der Waals surface area contributed by atoms with Crippen LogP contribution in [0.3, 0.4) is 0 Å². The molecule has 0 atom stereocenters. The van der Waals surface area contributed by atoms with Gasteiger partial charge in [-0.1, -0.05) is 17.7 Å². The van der Waals surface area contributed by atoms with Crippen molar-refractivity contribution in [3.63, 3.8) is 0 Å². The molecule has 0 aliphatic carbocycles. The zero-order chi connectivity index (χ0) is 8.27. The molecule has 1 aromatic carbocycles. The fraction of sp³-hybridized carbons (Fsp3) is 0.125. The van der Waals surface area contributed by atoms with E-state index in [2.05, 4.69) is 4.99 Å². The summed E-state index contributed by atoms with van der Waals surface area (Å²) in [7, 11) is 0. The van der Waals surface area contributed by atoms with Gasteiger partial charge in [0.15, 0.2) is 0 Å². The maximum Gasteiger partial charge on any atom is 0.240 e. The molecular weight excluding hydrogens is 162 g/mol. The molecule has 0 saturated heterocycles. The Hall–Kier alpha value is -1.11. The lowest BCUT2D eigenvalue weighted by atomic mass is 10.2. The normalized spacial score (nSPS) is 8.91. The molecule has 0 amide bonds. The number of carbonyl (C=O) groups excluding carboxylic acids is 1. The molecule has 0 radical (unpaired) electrons. The topological polar surface area (TPSA) is 29.4 Å². The van der Waals surface area contributed by atoms with Crippen molar-refractivity contribution in [1.29, 1.82) is 0 Å². The van der Waals surface area contributed by atoms with Gasteiger partial charge in [0.2, 0.25) is 6.08 Å². The number of hydrogen-bond acceptors (Lipinski definition) is 2. The molecule has 1 aromatic rings. The van der Waals surface area contributed by atoms with Gasteiger partial charge >= 0.3 is 0 Å². The van der Waals surface area contributed by atoms with E-state index in [1.54, 1.807) is 12.1 Å². The van der Waals surface area contributed by atoms with Crippen LogP contribution in [0.25, 0.3) is 0 Å². The molecule has 0 fully saturated rings. The van der Waals surface area contributed by atoms with Crippen molar-refractivity contribution in [2.24, 2.45) is 4.99 Å². The number of isocyanates is 1. The number of nitrogens with zero attached hydrogens (tertiary/aromatic N) is 1. The number of halogens is 1. The summed E-state index contributed by atoms with van der Waals surface area (Å²) in [5.74, 6) is 0. The number of hydrogen-bond donors (Lipinski definition) is 0. The van der Waals surface area contributed by atoms with E-state index in [0.717, 1.165) is 5.56 Å². The number of benzene rings is 1. The fourth-order valence-electron chi connectivity index (χ4n) is 0.752. The summed E-state index contributed by atoms with van der Waals surface area (Å²) in [6.07, 6.45) is 1.43. The number of aliphatic imine (C=N–C) groups is 1. The molecule has 1 rings (SSSR count). The lowest BCUT2D eigenvalue weighted by Gasteiger charge is -1.95. The molecule has 0 unspecified atom stereocenters. The van der Waals surface area contributed by atoms with Crippen molar-refractivity contribution in [2.45, 2.75) is 6.92 Å². The Balaban J connectivity index is 3.19. The minimum atomic E-state index is 0.465. The van der Waals surface area contributed by atoms with E-state index in [1.807, 2.05) is 13.0 Å². The quantitative estimate of drug-likeness (QED) is 0.467. The van der Waals surface area contributed by atoms with E-state index in [1.165, 1.54) is 6.08 Å². The van der Waals surface area contributed by atoms with Gasteiger partial charge in [-0.2, -0.15) is 4.99 Å². The second-order valence-electron chi connectivity index (χ2n) is 2.16. The van der Waals surface area contributed by atoms with Crippen molar-refractivity contribution >= 4 is 23.4 Å². The third-order valence-corrected chi connectivity index (χ3v) is 1.57. The fourth-order valence-corrected chi connectivity index (χ4v) is 1.03. The van der Waals surface area contributed by atoms with Crippen molar-refractivity contribution in [1.82, 2.24) is 0 Å². The van der Waals surface area contributed by atoms with E-state index in [9.17, 15) is 4.79 Å². The molecular formula is C8H6ClNO. The maximum atomic E-state index is 9.86. The van der Waals surface area contributed by atoms with Crippen molar-refractivity contribution in [3.8, 4) is 0 Å². The van der Waals surface area contributed by atoms with Gasteiger partial charge in [0.05, 0.1) is 10.7 Å². The predicted octanol–water partition coefficient (Wildman–Crippen LogP) is 2.62. The molecule has 0 saturated carbocycles. The number of aryl methyl sites for hydroxylation is 1. The Morgan fingerprint density at radius 2 is 2.27 bits per heavy atom. The van der Waals surface area contributed by atoms with Gasteiger partial charge in [-0.05, 0) is 24.6 Å². The van der Waals surface area contributed by atoms with Crippen LogP contribution in [0.4, 0.5) is 5.69 Å². The second-order valence-corrected chi connectivity index (χ2v) is 2.57. The average Bonchev–Trinajstić information content (AvgIpc) is 1.95. The smallest absolute Gasteiger partial charge is 0.211 e. The van der Waals surface area contributed by atoms with E-state index < -0.39 is 0 Å². The van der Waals surface area contributed by atoms with Crippen LogP contribution in [0.5, 0.6) is 0 Å². The first-order valence-corrected chi connectivity index (χ1v) is 3.46. The van der Waals surface area contributed by atoms with Gasteiger partial charge in [-0.3, -0.25) is 0 Å². The SMILES string of the molecule is Cc1ccc(N=C=O)c(Cl)c1. The van der Waals surface area contributed by atoms with Gasteiger partial charge in [-0.25, -0.2) is 4.79 Å². The van der Waals surface area contributed by atoms with Crippen LogP contribution in [0.1, 0.15) is 5.56 Å². The molecule has 0 aliphatic heterocycles. The highest BCUT2D eigenvalue weighted by Gasteiger charge is 1.96. The monoisotopic (exact) mass is 167 g/mol. The van der Waals surface area contributed by atoms with Gasteiger partial charge < -0.3 is 0 Å². The highest BCUT2D eigenvalue weighted by atomic mass is 35.5. The minimum Gasteiger partial charge on any atom is -0.211 e. The standard InChI is InChI=1S/C8H6ClNO/c1-6-2-3-8(10-5-11)7(9)4-6/h2-4H,1H3. The Kier molecular flexibility index (Phi) is 2.42. The van der Waals surface area contributed by atoms with Crippen LogP contribution in [0.2, 0.25) is 5.02 Å². The van der Waals surface area contributed by atoms with Crippen LogP contribution in [-0.4, -0.2) is 6.08 Å². The molecule has 0 heterocycles. The van der Waals surface area contributed by atoms with Crippen LogP contribution in [0, 0.1) is 6.92 Å². The largest absolute Gasteiger partial charge is 0.240 e. The first-order valence-electron chi connectivity index (χ1n) is 3.08. The highest BCUT2D eigenvalue weighted by molar-refractivity contribution is 6.33. The molecule has 0 aromatic heterocycles. The Morgan fingerprint density at radius 1 is 1.55 bits per heavy atom. The molecule has 0 bridgehead atoms. The van der Waals surface area contributed by atoms with E-state index >= 15 is 0 Å². The second kappa shape index (κ2) is 3.33. The summed E-state index contributed by atoms with van der Waals surface area (Å²) in [6.45, 7) is 1.92. The highest BCUT2D eigenvalue weighted by Crippen LogP contribution is 2.24. The lowest BCUT2D eigenvalue weighted by molar-refractivity contribution is 0.565. The molecule has 56 valence electrons. The summed E-state index contributed by atoms with van der Waals surface area (Å²) >= 11 is 5.74. The third-order valence-electron chi connectivity index (χ3n) is 1.27. The van der Waals surface area contributed by atoms with E-state index in [0.29, 0.717) is 10.7 Å². The molecule has 3 heteroatoms. The molecule has 2 nitrogen and oxygen atoms in total. The lowest BCUT2D eigenvalue weighted by Crippen LogP contribution is -1.71. The third kappa shape index (κ3) is 1.90. The Bertz CT molecular complexity index is 316. The van der Waals surface area contributed by atoms with Crippen molar-refractivity contribution in [2.75, 3.05) is 0 Å². The summed E-state index contributed by atoms with van der Waals surface area (Å²) in [5.41, 5.74) is 1.51. The summed E-state index contributed by atoms with van der Waals surface area (Å²) in [5, 5.41) is 0.480.